The number of rotatable bonds is 6. The Morgan fingerprint density at radius 1 is 1.53 bits per heavy atom. The highest BCUT2D eigenvalue weighted by Gasteiger charge is 2.06. The van der Waals surface area contributed by atoms with Crippen molar-refractivity contribution in [1.29, 1.82) is 0 Å². The van der Waals surface area contributed by atoms with Gasteiger partial charge in [-0.2, -0.15) is 0 Å². The SMILES string of the molecule is CCCn1ccc(CNC(C)c2ncc[nH]2)c1. The molecule has 0 aliphatic carbocycles. The van der Waals surface area contributed by atoms with Crippen molar-refractivity contribution in [1.82, 2.24) is 19.9 Å². The summed E-state index contributed by atoms with van der Waals surface area (Å²) < 4.78 is 2.23. The highest BCUT2D eigenvalue weighted by molar-refractivity contribution is 5.10. The smallest absolute Gasteiger partial charge is 0.122 e. The molecular weight excluding hydrogens is 212 g/mol. The molecule has 2 aromatic heterocycles. The minimum Gasteiger partial charge on any atom is -0.354 e. The molecule has 0 radical (unpaired) electrons. The lowest BCUT2D eigenvalue weighted by atomic mass is 10.3. The van der Waals surface area contributed by atoms with Gasteiger partial charge in [-0.05, 0) is 25.0 Å². The predicted molar refractivity (Wildman–Crippen MR) is 68.6 cm³/mol. The van der Waals surface area contributed by atoms with Gasteiger partial charge >= 0.3 is 0 Å². The second kappa shape index (κ2) is 5.68. The number of hydrogen-bond acceptors (Lipinski definition) is 2. The Morgan fingerprint density at radius 2 is 2.41 bits per heavy atom. The number of hydrogen-bond donors (Lipinski definition) is 2. The van der Waals surface area contributed by atoms with Gasteiger partial charge in [0.25, 0.3) is 0 Å². The van der Waals surface area contributed by atoms with Gasteiger partial charge in [0.2, 0.25) is 0 Å². The molecule has 2 N–H and O–H groups in total. The van der Waals surface area contributed by atoms with E-state index in [2.05, 4.69) is 52.2 Å². The average molecular weight is 232 g/mol. The van der Waals surface area contributed by atoms with E-state index in [-0.39, 0.29) is 6.04 Å². The zero-order chi connectivity index (χ0) is 12.1. The molecule has 17 heavy (non-hydrogen) atoms. The molecule has 0 spiro atoms. The quantitative estimate of drug-likeness (QED) is 0.803. The van der Waals surface area contributed by atoms with E-state index in [1.54, 1.807) is 6.20 Å². The van der Waals surface area contributed by atoms with E-state index in [0.717, 1.165) is 18.9 Å². The molecule has 1 atom stereocenters. The fourth-order valence-electron chi connectivity index (χ4n) is 1.87. The van der Waals surface area contributed by atoms with Crippen LogP contribution >= 0.6 is 0 Å². The van der Waals surface area contributed by atoms with Crippen LogP contribution in [0.25, 0.3) is 0 Å². The van der Waals surface area contributed by atoms with E-state index >= 15 is 0 Å². The minimum atomic E-state index is 0.250. The summed E-state index contributed by atoms with van der Waals surface area (Å²) in [5.41, 5.74) is 1.32. The maximum atomic E-state index is 4.24. The molecule has 4 heteroatoms. The molecule has 1 unspecified atom stereocenters. The van der Waals surface area contributed by atoms with Gasteiger partial charge in [0.1, 0.15) is 5.82 Å². The molecule has 92 valence electrons. The number of imidazole rings is 1. The van der Waals surface area contributed by atoms with Crippen LogP contribution in [0.2, 0.25) is 0 Å². The maximum Gasteiger partial charge on any atom is 0.122 e. The normalized spacial score (nSPS) is 12.8. The molecule has 0 bridgehead atoms. The van der Waals surface area contributed by atoms with E-state index in [4.69, 9.17) is 0 Å². The van der Waals surface area contributed by atoms with Gasteiger partial charge in [-0.15, -0.1) is 0 Å². The van der Waals surface area contributed by atoms with Crippen LogP contribution in [0.15, 0.2) is 30.9 Å². The number of aryl methyl sites for hydroxylation is 1. The molecule has 2 heterocycles. The van der Waals surface area contributed by atoms with Crippen LogP contribution in [0.1, 0.15) is 37.7 Å². The van der Waals surface area contributed by atoms with Crippen molar-refractivity contribution in [3.8, 4) is 0 Å². The number of aromatic amines is 1. The first-order valence-corrected chi connectivity index (χ1v) is 6.17. The summed E-state index contributed by atoms with van der Waals surface area (Å²) in [6.07, 6.45) is 9.14. The lowest BCUT2D eigenvalue weighted by Gasteiger charge is -2.10. The van der Waals surface area contributed by atoms with Gasteiger partial charge in [-0.25, -0.2) is 4.98 Å². The minimum absolute atomic E-state index is 0.250. The van der Waals surface area contributed by atoms with E-state index in [0.29, 0.717) is 0 Å². The highest BCUT2D eigenvalue weighted by Crippen LogP contribution is 2.08. The maximum absolute atomic E-state index is 4.24. The second-order valence-corrected chi connectivity index (χ2v) is 4.33. The average Bonchev–Trinajstić information content (AvgIpc) is 2.97. The topological polar surface area (TPSA) is 45.6 Å². The lowest BCUT2D eigenvalue weighted by molar-refractivity contribution is 0.550. The van der Waals surface area contributed by atoms with Crippen LogP contribution in [-0.4, -0.2) is 14.5 Å². The summed E-state index contributed by atoms with van der Waals surface area (Å²) in [7, 11) is 0. The Balaban J connectivity index is 1.84. The van der Waals surface area contributed by atoms with E-state index in [1.807, 2.05) is 6.20 Å². The lowest BCUT2D eigenvalue weighted by Crippen LogP contribution is -2.18. The number of nitrogens with zero attached hydrogens (tertiary/aromatic N) is 2. The van der Waals surface area contributed by atoms with Crippen LogP contribution < -0.4 is 5.32 Å². The molecule has 0 saturated heterocycles. The fourth-order valence-corrected chi connectivity index (χ4v) is 1.87. The number of nitrogens with one attached hydrogen (secondary N) is 2. The van der Waals surface area contributed by atoms with E-state index in [1.165, 1.54) is 12.0 Å². The first kappa shape index (κ1) is 11.9. The molecule has 2 aromatic rings. The first-order valence-electron chi connectivity index (χ1n) is 6.17. The number of aromatic nitrogens is 3. The van der Waals surface area contributed by atoms with Crippen molar-refractivity contribution in [3.63, 3.8) is 0 Å². The summed E-state index contributed by atoms with van der Waals surface area (Å²) in [4.78, 5) is 7.36. The van der Waals surface area contributed by atoms with Gasteiger partial charge in [-0.1, -0.05) is 6.92 Å². The monoisotopic (exact) mass is 232 g/mol. The van der Waals surface area contributed by atoms with Crippen molar-refractivity contribution < 1.29 is 0 Å². The predicted octanol–water partition coefficient (Wildman–Crippen LogP) is 2.47. The summed E-state index contributed by atoms with van der Waals surface area (Å²) in [6, 6.07) is 2.41. The Kier molecular flexibility index (Phi) is 3.98. The third-order valence-corrected chi connectivity index (χ3v) is 2.84. The zero-order valence-electron chi connectivity index (χ0n) is 10.5. The van der Waals surface area contributed by atoms with E-state index in [9.17, 15) is 0 Å². The molecular formula is C13H20N4. The standard InChI is InChI=1S/C13H20N4/c1-3-7-17-8-4-12(10-17)9-16-11(2)13-14-5-6-15-13/h4-6,8,10-11,16H,3,7,9H2,1-2H3,(H,14,15). The molecule has 0 aliphatic rings. The van der Waals surface area contributed by atoms with Gasteiger partial charge in [-0.3, -0.25) is 0 Å². The summed E-state index contributed by atoms with van der Waals surface area (Å²) in [6.45, 7) is 6.27. The van der Waals surface area contributed by atoms with Crippen molar-refractivity contribution >= 4 is 0 Å². The summed E-state index contributed by atoms with van der Waals surface area (Å²) >= 11 is 0. The molecule has 0 aliphatic heterocycles. The highest BCUT2D eigenvalue weighted by atomic mass is 15.0. The van der Waals surface area contributed by atoms with Crippen molar-refractivity contribution in [2.45, 2.75) is 39.4 Å². The van der Waals surface area contributed by atoms with Crippen LogP contribution in [0.5, 0.6) is 0 Å². The van der Waals surface area contributed by atoms with Crippen molar-refractivity contribution in [2.24, 2.45) is 0 Å². The Hall–Kier alpha value is -1.55. The summed E-state index contributed by atoms with van der Waals surface area (Å²) in [5, 5.41) is 3.45. The van der Waals surface area contributed by atoms with Crippen LogP contribution in [0, 0.1) is 0 Å². The third kappa shape index (κ3) is 3.20. The van der Waals surface area contributed by atoms with Gasteiger partial charge in [0, 0.05) is 37.9 Å². The summed E-state index contributed by atoms with van der Waals surface area (Å²) in [5.74, 6) is 0.984. The Bertz CT molecular complexity index is 430. The molecule has 0 saturated carbocycles. The van der Waals surface area contributed by atoms with Crippen LogP contribution in [0.3, 0.4) is 0 Å². The molecule has 4 nitrogen and oxygen atoms in total. The Labute approximate surface area is 102 Å². The fraction of sp³-hybridized carbons (Fsp3) is 0.462. The van der Waals surface area contributed by atoms with Crippen molar-refractivity contribution in [3.05, 3.63) is 42.2 Å². The number of H-pyrrole nitrogens is 1. The molecule has 0 amide bonds. The third-order valence-electron chi connectivity index (χ3n) is 2.84. The molecule has 0 aromatic carbocycles. The largest absolute Gasteiger partial charge is 0.354 e. The second-order valence-electron chi connectivity index (χ2n) is 4.33. The van der Waals surface area contributed by atoms with Gasteiger partial charge < -0.3 is 14.9 Å². The first-order chi connectivity index (χ1) is 8.29. The van der Waals surface area contributed by atoms with Crippen LogP contribution in [0.4, 0.5) is 0 Å². The van der Waals surface area contributed by atoms with Gasteiger partial charge in [0.05, 0.1) is 6.04 Å². The van der Waals surface area contributed by atoms with Crippen LogP contribution in [-0.2, 0) is 13.1 Å². The van der Waals surface area contributed by atoms with Crippen molar-refractivity contribution in [2.75, 3.05) is 0 Å². The Morgan fingerprint density at radius 3 is 3.12 bits per heavy atom. The molecule has 0 fully saturated rings. The molecule has 2 rings (SSSR count). The zero-order valence-corrected chi connectivity index (χ0v) is 10.5. The van der Waals surface area contributed by atoms with Gasteiger partial charge in [0.15, 0.2) is 0 Å². The van der Waals surface area contributed by atoms with E-state index < -0.39 is 0 Å².